The van der Waals surface area contributed by atoms with E-state index in [0.29, 0.717) is 44.5 Å². The molecule has 1 saturated carbocycles. The Morgan fingerprint density at radius 1 is 1.27 bits per heavy atom. The van der Waals surface area contributed by atoms with Crippen LogP contribution < -0.4 is 15.4 Å². The van der Waals surface area contributed by atoms with E-state index in [1.807, 2.05) is 11.8 Å². The fourth-order valence-electron chi connectivity index (χ4n) is 3.05. The van der Waals surface area contributed by atoms with Crippen LogP contribution in [0, 0.1) is 5.92 Å². The number of likely N-dealkylation sites (tertiary alicyclic amines) is 1. The molecule has 9 heteroatoms. The zero-order chi connectivity index (χ0) is 18.8. The first-order valence-electron chi connectivity index (χ1n) is 9.77. The van der Waals surface area contributed by atoms with E-state index in [9.17, 15) is 13.2 Å². The summed E-state index contributed by atoms with van der Waals surface area (Å²) >= 11 is 0. The van der Waals surface area contributed by atoms with Crippen molar-refractivity contribution in [3.8, 4) is 0 Å². The second-order valence-electron chi connectivity index (χ2n) is 6.99. The molecule has 0 aromatic carbocycles. The van der Waals surface area contributed by atoms with Gasteiger partial charge in [0, 0.05) is 45.7 Å². The van der Waals surface area contributed by atoms with Gasteiger partial charge in [-0.15, -0.1) is 0 Å². The molecule has 26 heavy (non-hydrogen) atoms. The maximum atomic E-state index is 12.0. The van der Waals surface area contributed by atoms with Crippen LogP contribution in [0.2, 0.25) is 0 Å². The van der Waals surface area contributed by atoms with Gasteiger partial charge < -0.3 is 15.5 Å². The Labute approximate surface area is 157 Å². The van der Waals surface area contributed by atoms with Crippen molar-refractivity contribution < 1.29 is 13.2 Å². The highest BCUT2D eigenvalue weighted by molar-refractivity contribution is 7.89. The monoisotopic (exact) mass is 387 g/mol. The smallest absolute Gasteiger partial charge is 0.222 e. The van der Waals surface area contributed by atoms with Crippen molar-refractivity contribution >= 4 is 21.9 Å². The van der Waals surface area contributed by atoms with Crippen molar-refractivity contribution in [3.05, 3.63) is 0 Å². The van der Waals surface area contributed by atoms with Crippen LogP contribution in [0.1, 0.15) is 45.4 Å². The van der Waals surface area contributed by atoms with Crippen molar-refractivity contribution in [2.24, 2.45) is 10.9 Å². The van der Waals surface area contributed by atoms with E-state index in [0.717, 1.165) is 38.8 Å². The first-order chi connectivity index (χ1) is 12.5. The number of carbonyl (C=O) groups excluding carboxylic acids is 1. The molecule has 0 aromatic rings. The topological polar surface area (TPSA) is 103 Å². The molecule has 1 saturated heterocycles. The molecule has 2 aliphatic rings. The minimum Gasteiger partial charge on any atom is -0.357 e. The highest BCUT2D eigenvalue weighted by Crippen LogP contribution is 2.25. The zero-order valence-electron chi connectivity index (χ0n) is 15.8. The van der Waals surface area contributed by atoms with Gasteiger partial charge in [-0.1, -0.05) is 6.42 Å². The van der Waals surface area contributed by atoms with Gasteiger partial charge in [0.25, 0.3) is 0 Å². The third-order valence-electron chi connectivity index (χ3n) is 4.85. The quantitative estimate of drug-likeness (QED) is 0.268. The number of rotatable bonds is 11. The van der Waals surface area contributed by atoms with Gasteiger partial charge in [0.2, 0.25) is 15.9 Å². The number of aliphatic imine (C=N–C) groups is 1. The van der Waals surface area contributed by atoms with Crippen molar-refractivity contribution in [3.63, 3.8) is 0 Å². The lowest BCUT2D eigenvalue weighted by Crippen LogP contribution is -2.42. The van der Waals surface area contributed by atoms with E-state index in [-0.39, 0.29) is 11.7 Å². The summed E-state index contributed by atoms with van der Waals surface area (Å²) in [4.78, 5) is 17.9. The maximum absolute atomic E-state index is 12.0. The molecule has 0 aromatic heterocycles. The lowest BCUT2D eigenvalue weighted by Gasteiger charge is -2.25. The standard InChI is InChI=1S/C17H33N5O3S/c1-2-18-17(19-9-5-12-22-11-4-8-16(22)23)20-10-13-26(24,25)21-14-15-6-3-7-15/h15,21H,2-14H2,1H3,(H2,18,19,20). The van der Waals surface area contributed by atoms with E-state index < -0.39 is 10.0 Å². The fraction of sp³-hybridized carbons (Fsp3) is 0.882. The predicted molar refractivity (Wildman–Crippen MR) is 104 cm³/mol. The number of guanidine groups is 1. The van der Waals surface area contributed by atoms with E-state index in [2.05, 4.69) is 20.3 Å². The van der Waals surface area contributed by atoms with Gasteiger partial charge in [-0.2, -0.15) is 0 Å². The molecule has 0 radical (unpaired) electrons. The largest absolute Gasteiger partial charge is 0.357 e. The number of amides is 1. The third-order valence-corrected chi connectivity index (χ3v) is 6.20. The number of hydrogen-bond acceptors (Lipinski definition) is 4. The SMILES string of the molecule is CCNC(=NCCCN1CCCC1=O)NCCS(=O)(=O)NCC1CCC1. The predicted octanol–water partition coefficient (Wildman–Crippen LogP) is 0.274. The molecule has 1 amide bonds. The van der Waals surface area contributed by atoms with Gasteiger partial charge in [-0.3, -0.25) is 9.79 Å². The van der Waals surface area contributed by atoms with Crippen LogP contribution in [0.15, 0.2) is 4.99 Å². The molecule has 2 rings (SSSR count). The fourth-order valence-corrected chi connectivity index (χ4v) is 4.06. The summed E-state index contributed by atoms with van der Waals surface area (Å²) in [7, 11) is -3.25. The molecular weight excluding hydrogens is 354 g/mol. The van der Waals surface area contributed by atoms with E-state index in [4.69, 9.17) is 0 Å². The minimum absolute atomic E-state index is 0.0341. The number of carbonyl (C=O) groups is 1. The maximum Gasteiger partial charge on any atom is 0.222 e. The Hall–Kier alpha value is -1.35. The third kappa shape index (κ3) is 7.49. The van der Waals surface area contributed by atoms with Crippen molar-refractivity contribution in [2.45, 2.75) is 45.4 Å². The van der Waals surface area contributed by atoms with Crippen LogP contribution in [-0.4, -0.2) is 70.2 Å². The molecule has 0 atom stereocenters. The van der Waals surface area contributed by atoms with Crippen LogP contribution in [-0.2, 0) is 14.8 Å². The molecule has 0 spiro atoms. The molecule has 1 aliphatic heterocycles. The Balaban J connectivity index is 1.64. The molecule has 0 unspecified atom stereocenters. The van der Waals surface area contributed by atoms with Crippen LogP contribution >= 0.6 is 0 Å². The van der Waals surface area contributed by atoms with Gasteiger partial charge in [0.15, 0.2) is 5.96 Å². The minimum atomic E-state index is -3.25. The molecule has 1 heterocycles. The van der Waals surface area contributed by atoms with Crippen LogP contribution in [0.5, 0.6) is 0 Å². The molecule has 3 N–H and O–H groups in total. The summed E-state index contributed by atoms with van der Waals surface area (Å²) in [5, 5.41) is 6.19. The zero-order valence-corrected chi connectivity index (χ0v) is 16.6. The van der Waals surface area contributed by atoms with E-state index >= 15 is 0 Å². The molecule has 1 aliphatic carbocycles. The number of nitrogens with zero attached hydrogens (tertiary/aromatic N) is 2. The summed E-state index contributed by atoms with van der Waals surface area (Å²) in [6, 6.07) is 0. The van der Waals surface area contributed by atoms with Gasteiger partial charge in [-0.05, 0) is 38.5 Å². The second kappa shape index (κ2) is 10.7. The van der Waals surface area contributed by atoms with Crippen molar-refractivity contribution in [1.29, 1.82) is 0 Å². The number of nitrogens with one attached hydrogen (secondary N) is 3. The Bertz CT molecular complexity index is 575. The van der Waals surface area contributed by atoms with Crippen LogP contribution in [0.3, 0.4) is 0 Å². The molecular formula is C17H33N5O3S. The highest BCUT2D eigenvalue weighted by Gasteiger charge is 2.20. The Kier molecular flexibility index (Phi) is 8.64. The summed E-state index contributed by atoms with van der Waals surface area (Å²) in [6.07, 6.45) is 5.89. The van der Waals surface area contributed by atoms with Crippen molar-refractivity contribution in [1.82, 2.24) is 20.3 Å². The van der Waals surface area contributed by atoms with Crippen LogP contribution in [0.4, 0.5) is 0 Å². The van der Waals surface area contributed by atoms with E-state index in [1.165, 1.54) is 6.42 Å². The molecule has 150 valence electrons. The average molecular weight is 388 g/mol. The molecule has 8 nitrogen and oxygen atoms in total. The van der Waals surface area contributed by atoms with Gasteiger partial charge in [0.1, 0.15) is 0 Å². The average Bonchev–Trinajstić information content (AvgIpc) is 2.95. The van der Waals surface area contributed by atoms with Crippen LogP contribution in [0.25, 0.3) is 0 Å². The second-order valence-corrected chi connectivity index (χ2v) is 8.92. The molecule has 0 bridgehead atoms. The summed E-state index contributed by atoms with van der Waals surface area (Å²) in [5.41, 5.74) is 0. The summed E-state index contributed by atoms with van der Waals surface area (Å²) < 4.78 is 26.7. The first-order valence-corrected chi connectivity index (χ1v) is 11.4. The van der Waals surface area contributed by atoms with Crippen molar-refractivity contribution in [2.75, 3.05) is 45.0 Å². The lowest BCUT2D eigenvalue weighted by atomic mass is 9.86. The lowest BCUT2D eigenvalue weighted by molar-refractivity contribution is -0.127. The summed E-state index contributed by atoms with van der Waals surface area (Å²) in [5.74, 6) is 1.40. The first kappa shape index (κ1) is 21.0. The molecule has 2 fully saturated rings. The summed E-state index contributed by atoms with van der Waals surface area (Å²) in [6.45, 7) is 5.75. The van der Waals surface area contributed by atoms with Gasteiger partial charge >= 0.3 is 0 Å². The Morgan fingerprint density at radius 2 is 2.08 bits per heavy atom. The van der Waals surface area contributed by atoms with Gasteiger partial charge in [0.05, 0.1) is 5.75 Å². The highest BCUT2D eigenvalue weighted by atomic mass is 32.2. The normalized spacial score (nSPS) is 18.9. The number of hydrogen-bond donors (Lipinski definition) is 3. The Morgan fingerprint density at radius 3 is 2.69 bits per heavy atom. The van der Waals surface area contributed by atoms with Gasteiger partial charge in [-0.25, -0.2) is 13.1 Å². The van der Waals surface area contributed by atoms with E-state index in [1.54, 1.807) is 0 Å². The number of sulfonamides is 1.